The SMILES string of the molecule is Oc1c(F)c(F)c(F)c(I)c1F. The van der Waals surface area contributed by atoms with Crippen molar-refractivity contribution in [3.63, 3.8) is 0 Å². The lowest BCUT2D eigenvalue weighted by atomic mass is 10.3. The molecule has 0 heterocycles. The molecule has 0 aliphatic carbocycles. The third kappa shape index (κ3) is 1.23. The summed E-state index contributed by atoms with van der Waals surface area (Å²) in [5.74, 6) is -8.42. The molecule has 6 heteroatoms. The van der Waals surface area contributed by atoms with Crippen molar-refractivity contribution >= 4 is 22.6 Å². The van der Waals surface area contributed by atoms with Gasteiger partial charge in [-0.05, 0) is 22.6 Å². The van der Waals surface area contributed by atoms with Crippen molar-refractivity contribution in [1.29, 1.82) is 0 Å². The monoisotopic (exact) mass is 292 g/mol. The van der Waals surface area contributed by atoms with Crippen molar-refractivity contribution in [3.05, 3.63) is 26.8 Å². The highest BCUT2D eigenvalue weighted by atomic mass is 127. The van der Waals surface area contributed by atoms with E-state index in [1.54, 1.807) is 0 Å². The van der Waals surface area contributed by atoms with Crippen LogP contribution in [0.15, 0.2) is 0 Å². The van der Waals surface area contributed by atoms with E-state index in [-0.39, 0.29) is 0 Å². The predicted octanol–water partition coefficient (Wildman–Crippen LogP) is 2.55. The van der Waals surface area contributed by atoms with Crippen LogP contribution in [-0.2, 0) is 0 Å². The molecule has 12 heavy (non-hydrogen) atoms. The van der Waals surface area contributed by atoms with Crippen LogP contribution >= 0.6 is 22.6 Å². The van der Waals surface area contributed by atoms with Crippen LogP contribution in [0.2, 0.25) is 0 Å². The Bertz CT molecular complexity index is 234. The highest BCUT2D eigenvalue weighted by molar-refractivity contribution is 14.1. The highest BCUT2D eigenvalue weighted by Gasteiger charge is 2.23. The first-order chi connectivity index (χ1) is 5.46. The molecule has 0 saturated heterocycles. The molecular formula is C6HF4IO. The third-order valence-corrected chi connectivity index (χ3v) is 2.13. The number of benzene rings is 1. The normalized spacial score (nSPS) is 10.4. The van der Waals surface area contributed by atoms with Crippen molar-refractivity contribution < 1.29 is 22.7 Å². The van der Waals surface area contributed by atoms with Crippen LogP contribution in [0.25, 0.3) is 0 Å². The molecule has 0 aliphatic rings. The van der Waals surface area contributed by atoms with Crippen molar-refractivity contribution in [3.8, 4) is 5.75 Å². The van der Waals surface area contributed by atoms with E-state index in [0.29, 0.717) is 0 Å². The molecule has 0 saturated carbocycles. The van der Waals surface area contributed by atoms with Crippen molar-refractivity contribution in [2.24, 2.45) is 0 Å². The number of phenols is 1. The summed E-state index contributed by atoms with van der Waals surface area (Å²) in [6.45, 7) is 0. The van der Waals surface area contributed by atoms with Gasteiger partial charge in [-0.3, -0.25) is 0 Å². The topological polar surface area (TPSA) is 20.2 Å². The predicted molar refractivity (Wildman–Crippen MR) is 40.7 cm³/mol. The second-order valence-corrected chi connectivity index (χ2v) is 3.00. The largest absolute Gasteiger partial charge is 0.503 e. The molecule has 0 aromatic heterocycles. The van der Waals surface area contributed by atoms with Crippen LogP contribution in [0.3, 0.4) is 0 Å². The number of halogens is 5. The van der Waals surface area contributed by atoms with Crippen molar-refractivity contribution in [2.45, 2.75) is 0 Å². The van der Waals surface area contributed by atoms with Crippen LogP contribution < -0.4 is 0 Å². The van der Waals surface area contributed by atoms with E-state index in [2.05, 4.69) is 0 Å². The maximum atomic E-state index is 12.5. The van der Waals surface area contributed by atoms with E-state index in [1.165, 1.54) is 0 Å². The van der Waals surface area contributed by atoms with Crippen LogP contribution in [0.4, 0.5) is 17.6 Å². The Kier molecular flexibility index (Phi) is 2.45. The van der Waals surface area contributed by atoms with E-state index < -0.39 is 32.6 Å². The van der Waals surface area contributed by atoms with Gasteiger partial charge in [0, 0.05) is 0 Å². The lowest BCUT2D eigenvalue weighted by Crippen LogP contribution is -1.98. The Morgan fingerprint density at radius 3 is 1.83 bits per heavy atom. The molecule has 0 unspecified atom stereocenters. The van der Waals surface area contributed by atoms with Crippen LogP contribution in [0, 0.1) is 26.8 Å². The van der Waals surface area contributed by atoms with E-state index >= 15 is 0 Å². The zero-order valence-electron chi connectivity index (χ0n) is 5.34. The van der Waals surface area contributed by atoms with Crippen molar-refractivity contribution in [1.82, 2.24) is 0 Å². The van der Waals surface area contributed by atoms with Gasteiger partial charge in [0.2, 0.25) is 5.82 Å². The van der Waals surface area contributed by atoms with Gasteiger partial charge in [-0.15, -0.1) is 0 Å². The Hall–Kier alpha value is -0.530. The second-order valence-electron chi connectivity index (χ2n) is 1.92. The van der Waals surface area contributed by atoms with Gasteiger partial charge in [0.05, 0.1) is 3.57 Å². The molecule has 0 atom stereocenters. The first-order valence-corrected chi connectivity index (χ1v) is 3.75. The average Bonchev–Trinajstić information content (AvgIpc) is 2.08. The van der Waals surface area contributed by atoms with E-state index in [4.69, 9.17) is 5.11 Å². The first kappa shape index (κ1) is 9.56. The van der Waals surface area contributed by atoms with Gasteiger partial charge in [-0.25, -0.2) is 13.2 Å². The number of phenolic OH excluding ortho intramolecular Hbond substituents is 1. The molecule has 1 aromatic carbocycles. The average molecular weight is 292 g/mol. The number of aromatic hydroxyl groups is 1. The smallest absolute Gasteiger partial charge is 0.206 e. The molecule has 0 spiro atoms. The van der Waals surface area contributed by atoms with Crippen LogP contribution in [0.1, 0.15) is 0 Å². The zero-order valence-corrected chi connectivity index (χ0v) is 7.49. The zero-order chi connectivity index (χ0) is 9.46. The molecule has 0 bridgehead atoms. The van der Waals surface area contributed by atoms with Crippen LogP contribution in [0.5, 0.6) is 5.75 Å². The van der Waals surface area contributed by atoms with Crippen LogP contribution in [-0.4, -0.2) is 5.11 Å². The fraction of sp³-hybridized carbons (Fsp3) is 0. The molecule has 0 amide bonds. The Labute approximate surface area is 78.1 Å². The number of hydrogen-bond donors (Lipinski definition) is 1. The summed E-state index contributed by atoms with van der Waals surface area (Å²) in [5.41, 5.74) is 0. The minimum Gasteiger partial charge on any atom is -0.503 e. The first-order valence-electron chi connectivity index (χ1n) is 2.67. The summed E-state index contributed by atoms with van der Waals surface area (Å²) >= 11 is 1.12. The van der Waals surface area contributed by atoms with E-state index in [0.717, 1.165) is 22.6 Å². The third-order valence-electron chi connectivity index (χ3n) is 1.19. The van der Waals surface area contributed by atoms with Gasteiger partial charge in [0.25, 0.3) is 0 Å². The van der Waals surface area contributed by atoms with Gasteiger partial charge < -0.3 is 5.11 Å². The lowest BCUT2D eigenvalue weighted by Gasteiger charge is -2.02. The second kappa shape index (κ2) is 3.08. The minimum atomic E-state index is -1.91. The summed E-state index contributed by atoms with van der Waals surface area (Å²) in [4.78, 5) is 0. The number of rotatable bonds is 0. The van der Waals surface area contributed by atoms with Gasteiger partial charge in [0.1, 0.15) is 0 Å². The maximum absolute atomic E-state index is 12.5. The van der Waals surface area contributed by atoms with Gasteiger partial charge in [-0.1, -0.05) is 0 Å². The van der Waals surface area contributed by atoms with Gasteiger partial charge in [0.15, 0.2) is 23.2 Å². The molecule has 0 radical (unpaired) electrons. The molecule has 1 rings (SSSR count). The minimum absolute atomic E-state index is 0.774. The molecular weight excluding hydrogens is 291 g/mol. The Morgan fingerprint density at radius 1 is 0.833 bits per heavy atom. The van der Waals surface area contributed by atoms with E-state index in [9.17, 15) is 17.6 Å². The van der Waals surface area contributed by atoms with Gasteiger partial charge in [-0.2, -0.15) is 4.39 Å². The molecule has 0 fully saturated rings. The maximum Gasteiger partial charge on any atom is 0.206 e. The highest BCUT2D eigenvalue weighted by Crippen LogP contribution is 2.29. The molecule has 1 nitrogen and oxygen atoms in total. The molecule has 1 aromatic rings. The lowest BCUT2D eigenvalue weighted by molar-refractivity contribution is 0.354. The van der Waals surface area contributed by atoms with Gasteiger partial charge >= 0.3 is 0 Å². The Balaban J connectivity index is 3.60. The van der Waals surface area contributed by atoms with E-state index in [1.807, 2.05) is 0 Å². The van der Waals surface area contributed by atoms with Crippen molar-refractivity contribution in [2.75, 3.05) is 0 Å². The molecule has 66 valence electrons. The summed E-state index contributed by atoms with van der Waals surface area (Å²) in [5, 5.41) is 8.53. The fourth-order valence-electron chi connectivity index (χ4n) is 0.593. The summed E-state index contributed by atoms with van der Waals surface area (Å²) in [7, 11) is 0. The standard InChI is InChI=1S/C6HF4IO/c7-1-2(8)5(11)4(10)6(12)3(1)9/h12H. The Morgan fingerprint density at radius 2 is 1.33 bits per heavy atom. The fourth-order valence-corrected chi connectivity index (χ4v) is 1.09. The number of hydrogen-bond acceptors (Lipinski definition) is 1. The summed E-state index contributed by atoms with van der Waals surface area (Å²) in [6, 6.07) is 0. The quantitative estimate of drug-likeness (QED) is 0.337. The summed E-state index contributed by atoms with van der Waals surface area (Å²) < 4.78 is 48.9. The molecule has 0 aliphatic heterocycles. The summed E-state index contributed by atoms with van der Waals surface area (Å²) in [6.07, 6.45) is 0. The molecule has 1 N–H and O–H groups in total.